The highest BCUT2D eigenvalue weighted by Gasteiger charge is 2.21. The normalized spacial score (nSPS) is 15.3. The van der Waals surface area contributed by atoms with Gasteiger partial charge in [-0.3, -0.25) is 0 Å². The van der Waals surface area contributed by atoms with Crippen molar-refractivity contribution in [2.75, 3.05) is 6.61 Å². The lowest BCUT2D eigenvalue weighted by atomic mass is 10.2. The van der Waals surface area contributed by atoms with Gasteiger partial charge in [0, 0.05) is 18.2 Å². The molecule has 0 aromatic carbocycles. The van der Waals surface area contributed by atoms with Crippen LogP contribution in [0.3, 0.4) is 0 Å². The summed E-state index contributed by atoms with van der Waals surface area (Å²) in [7, 11) is 0. The van der Waals surface area contributed by atoms with Gasteiger partial charge in [0.1, 0.15) is 5.82 Å². The van der Waals surface area contributed by atoms with Crippen molar-refractivity contribution in [2.24, 2.45) is 5.92 Å². The molecule has 0 spiro atoms. The molecule has 17 heavy (non-hydrogen) atoms. The van der Waals surface area contributed by atoms with Crippen LogP contribution in [-0.2, 0) is 6.54 Å². The third-order valence-corrected chi connectivity index (χ3v) is 2.60. The number of nitrogens with zero attached hydrogens (tertiary/aromatic N) is 1. The molecule has 1 aromatic heterocycles. The fraction of sp³-hybridized carbons (Fsp3) is 0.615. The Morgan fingerprint density at radius 2 is 2.29 bits per heavy atom. The molecule has 2 rings (SSSR count). The van der Waals surface area contributed by atoms with E-state index in [9.17, 15) is 4.39 Å². The van der Waals surface area contributed by atoms with Crippen LogP contribution in [0.2, 0.25) is 0 Å². The van der Waals surface area contributed by atoms with Gasteiger partial charge in [-0.1, -0.05) is 13.8 Å². The molecular weight excluding hydrogens is 219 g/mol. The van der Waals surface area contributed by atoms with E-state index in [4.69, 9.17) is 4.74 Å². The Labute approximate surface area is 101 Å². The number of pyridine rings is 1. The number of hydrogen-bond acceptors (Lipinski definition) is 3. The zero-order valence-electron chi connectivity index (χ0n) is 10.4. The van der Waals surface area contributed by atoms with Crippen LogP contribution >= 0.6 is 0 Å². The molecule has 1 heterocycles. The number of aromatic nitrogens is 1. The van der Waals surface area contributed by atoms with Crippen molar-refractivity contribution in [3.05, 3.63) is 23.6 Å². The van der Waals surface area contributed by atoms with E-state index >= 15 is 0 Å². The van der Waals surface area contributed by atoms with Gasteiger partial charge in [-0.15, -0.1) is 0 Å². The van der Waals surface area contributed by atoms with E-state index < -0.39 is 0 Å². The molecule has 0 unspecified atom stereocenters. The SMILES string of the molecule is CC(C)COc1ncc(F)cc1CNC1CC1. The maximum Gasteiger partial charge on any atom is 0.218 e. The summed E-state index contributed by atoms with van der Waals surface area (Å²) in [6.45, 7) is 5.38. The summed E-state index contributed by atoms with van der Waals surface area (Å²) in [5, 5.41) is 3.34. The molecule has 0 bridgehead atoms. The number of rotatable bonds is 6. The van der Waals surface area contributed by atoms with Crippen molar-refractivity contribution in [2.45, 2.75) is 39.3 Å². The number of ether oxygens (including phenoxy) is 1. The molecule has 1 saturated carbocycles. The Morgan fingerprint density at radius 3 is 2.94 bits per heavy atom. The molecule has 1 N–H and O–H groups in total. The quantitative estimate of drug-likeness (QED) is 0.827. The van der Waals surface area contributed by atoms with Gasteiger partial charge in [-0.2, -0.15) is 0 Å². The Kier molecular flexibility index (Phi) is 3.94. The van der Waals surface area contributed by atoms with Crippen LogP contribution in [0.4, 0.5) is 4.39 Å². The highest BCUT2D eigenvalue weighted by atomic mass is 19.1. The fourth-order valence-corrected chi connectivity index (χ4v) is 1.51. The zero-order valence-corrected chi connectivity index (χ0v) is 10.4. The third-order valence-electron chi connectivity index (χ3n) is 2.60. The van der Waals surface area contributed by atoms with E-state index in [1.165, 1.54) is 25.1 Å². The maximum absolute atomic E-state index is 13.1. The smallest absolute Gasteiger partial charge is 0.218 e. The minimum Gasteiger partial charge on any atom is -0.477 e. The average Bonchev–Trinajstić information content (AvgIpc) is 3.08. The predicted octanol–water partition coefficient (Wildman–Crippen LogP) is 2.51. The first-order valence-electron chi connectivity index (χ1n) is 6.15. The monoisotopic (exact) mass is 238 g/mol. The van der Waals surface area contributed by atoms with Gasteiger partial charge < -0.3 is 10.1 Å². The van der Waals surface area contributed by atoms with E-state index in [2.05, 4.69) is 24.1 Å². The van der Waals surface area contributed by atoms with Crippen LogP contribution in [-0.4, -0.2) is 17.6 Å². The molecule has 4 heteroatoms. The van der Waals surface area contributed by atoms with Crippen molar-refractivity contribution >= 4 is 0 Å². The Bertz CT molecular complexity index is 378. The Morgan fingerprint density at radius 1 is 1.53 bits per heavy atom. The van der Waals surface area contributed by atoms with Gasteiger partial charge in [0.15, 0.2) is 0 Å². The zero-order chi connectivity index (χ0) is 12.3. The number of hydrogen-bond donors (Lipinski definition) is 1. The molecule has 1 aliphatic rings. The van der Waals surface area contributed by atoms with E-state index in [0.29, 0.717) is 31.0 Å². The molecule has 1 fully saturated rings. The molecule has 0 atom stereocenters. The Hall–Kier alpha value is -1.16. The molecule has 94 valence electrons. The molecule has 0 radical (unpaired) electrons. The standard InChI is InChI=1S/C13H19FN2O/c1-9(2)8-17-13-10(5-11(14)7-16-13)6-15-12-3-4-12/h5,7,9,12,15H,3-4,6,8H2,1-2H3. The summed E-state index contributed by atoms with van der Waals surface area (Å²) in [6.07, 6.45) is 3.63. The second-order valence-corrected chi connectivity index (χ2v) is 4.98. The van der Waals surface area contributed by atoms with Gasteiger partial charge in [0.25, 0.3) is 0 Å². The van der Waals surface area contributed by atoms with Gasteiger partial charge in [0.05, 0.1) is 12.8 Å². The summed E-state index contributed by atoms with van der Waals surface area (Å²) >= 11 is 0. The Balaban J connectivity index is 2.00. The highest BCUT2D eigenvalue weighted by molar-refractivity contribution is 5.26. The number of halogens is 1. The van der Waals surface area contributed by atoms with Crippen LogP contribution in [0, 0.1) is 11.7 Å². The molecule has 0 amide bonds. The van der Waals surface area contributed by atoms with Crippen molar-refractivity contribution in [3.63, 3.8) is 0 Å². The van der Waals surface area contributed by atoms with Crippen molar-refractivity contribution < 1.29 is 9.13 Å². The minimum absolute atomic E-state index is 0.311. The second kappa shape index (κ2) is 5.45. The van der Waals surface area contributed by atoms with Gasteiger partial charge in [-0.05, 0) is 24.8 Å². The minimum atomic E-state index is -0.311. The van der Waals surface area contributed by atoms with Crippen LogP contribution in [0.5, 0.6) is 5.88 Å². The predicted molar refractivity (Wildman–Crippen MR) is 64.4 cm³/mol. The van der Waals surface area contributed by atoms with Crippen molar-refractivity contribution in [1.82, 2.24) is 10.3 Å². The summed E-state index contributed by atoms with van der Waals surface area (Å²) in [5.74, 6) is 0.675. The molecular formula is C13H19FN2O. The first kappa shape index (κ1) is 12.3. The second-order valence-electron chi connectivity index (χ2n) is 4.98. The molecule has 1 aliphatic carbocycles. The van der Waals surface area contributed by atoms with E-state index in [0.717, 1.165) is 5.56 Å². The third kappa shape index (κ3) is 3.97. The topological polar surface area (TPSA) is 34.1 Å². The van der Waals surface area contributed by atoms with Gasteiger partial charge in [0.2, 0.25) is 5.88 Å². The molecule has 1 aromatic rings. The van der Waals surface area contributed by atoms with E-state index in [-0.39, 0.29) is 5.82 Å². The summed E-state index contributed by atoms with van der Waals surface area (Å²) < 4.78 is 18.7. The maximum atomic E-state index is 13.1. The van der Waals surface area contributed by atoms with E-state index in [1.54, 1.807) is 0 Å². The first-order chi connectivity index (χ1) is 8.15. The van der Waals surface area contributed by atoms with Crippen LogP contribution in [0.1, 0.15) is 32.3 Å². The van der Waals surface area contributed by atoms with Crippen molar-refractivity contribution in [3.8, 4) is 5.88 Å². The lowest BCUT2D eigenvalue weighted by Crippen LogP contribution is -2.17. The average molecular weight is 238 g/mol. The molecule has 0 aliphatic heterocycles. The molecule has 3 nitrogen and oxygen atoms in total. The van der Waals surface area contributed by atoms with E-state index in [1.807, 2.05) is 0 Å². The summed E-state index contributed by atoms with van der Waals surface area (Å²) in [4.78, 5) is 4.01. The van der Waals surface area contributed by atoms with Crippen molar-refractivity contribution in [1.29, 1.82) is 0 Å². The number of nitrogens with one attached hydrogen (secondary N) is 1. The van der Waals surface area contributed by atoms with Crippen LogP contribution in [0.15, 0.2) is 12.3 Å². The molecule has 0 saturated heterocycles. The summed E-state index contributed by atoms with van der Waals surface area (Å²) in [6, 6.07) is 2.09. The van der Waals surface area contributed by atoms with Gasteiger partial charge >= 0.3 is 0 Å². The first-order valence-corrected chi connectivity index (χ1v) is 6.15. The van der Waals surface area contributed by atoms with Crippen LogP contribution < -0.4 is 10.1 Å². The summed E-state index contributed by atoms with van der Waals surface area (Å²) in [5.41, 5.74) is 0.803. The lowest BCUT2D eigenvalue weighted by Gasteiger charge is -2.12. The van der Waals surface area contributed by atoms with Gasteiger partial charge in [-0.25, -0.2) is 9.37 Å². The fourth-order valence-electron chi connectivity index (χ4n) is 1.51. The lowest BCUT2D eigenvalue weighted by molar-refractivity contribution is 0.257. The van der Waals surface area contributed by atoms with Crippen LogP contribution in [0.25, 0.3) is 0 Å². The largest absolute Gasteiger partial charge is 0.477 e. The highest BCUT2D eigenvalue weighted by Crippen LogP contribution is 2.22.